The maximum Gasteiger partial charge on any atom is 0.237 e. The number of carbonyl (C=O) groups excluding carboxylic acids is 1. The number of hydrogen-bond donors (Lipinski definition) is 1. The molecule has 0 fully saturated rings. The van der Waals surface area contributed by atoms with Gasteiger partial charge >= 0.3 is 0 Å². The summed E-state index contributed by atoms with van der Waals surface area (Å²) < 4.78 is 2.17. The number of aromatic nitrogens is 2. The first-order valence-electron chi connectivity index (χ1n) is 8.55. The van der Waals surface area contributed by atoms with Gasteiger partial charge in [0.2, 0.25) is 5.91 Å². The van der Waals surface area contributed by atoms with Crippen molar-refractivity contribution in [2.45, 2.75) is 37.2 Å². The number of nitrogens with zero attached hydrogens (tertiary/aromatic N) is 3. The number of thioether (sulfide) groups is 1. The lowest BCUT2D eigenvalue weighted by Crippen LogP contribution is -2.22. The third kappa shape index (κ3) is 3.89. The smallest absolute Gasteiger partial charge is 0.237 e. The fraction of sp³-hybridized carbons (Fsp3) is 0.250. The van der Waals surface area contributed by atoms with Gasteiger partial charge in [-0.25, -0.2) is 4.98 Å². The quantitative estimate of drug-likeness (QED) is 0.657. The van der Waals surface area contributed by atoms with Crippen LogP contribution >= 0.6 is 11.8 Å². The average molecular weight is 364 g/mol. The van der Waals surface area contributed by atoms with E-state index in [-0.39, 0.29) is 11.2 Å². The van der Waals surface area contributed by atoms with Gasteiger partial charge in [-0.2, -0.15) is 5.26 Å². The van der Waals surface area contributed by atoms with Crippen molar-refractivity contribution in [1.29, 1.82) is 5.26 Å². The molecule has 0 aliphatic rings. The minimum absolute atomic E-state index is 0.0881. The molecule has 0 saturated heterocycles. The molecule has 0 aliphatic heterocycles. The van der Waals surface area contributed by atoms with E-state index < -0.39 is 0 Å². The van der Waals surface area contributed by atoms with Crippen molar-refractivity contribution in [2.24, 2.45) is 0 Å². The van der Waals surface area contributed by atoms with Crippen molar-refractivity contribution < 1.29 is 4.79 Å². The summed E-state index contributed by atoms with van der Waals surface area (Å²) in [5.41, 5.74) is 3.29. The summed E-state index contributed by atoms with van der Waals surface area (Å²) in [6.07, 6.45) is 1.000. The minimum atomic E-state index is -0.293. The number of para-hydroxylation sites is 2. The zero-order chi connectivity index (χ0) is 18.5. The molecule has 0 radical (unpaired) electrons. The minimum Gasteiger partial charge on any atom is -0.325 e. The number of hydrogen-bond acceptors (Lipinski definition) is 4. The van der Waals surface area contributed by atoms with Crippen LogP contribution in [0.3, 0.4) is 0 Å². The Morgan fingerprint density at radius 1 is 1.27 bits per heavy atom. The zero-order valence-corrected chi connectivity index (χ0v) is 15.6. The first-order chi connectivity index (χ1) is 12.6. The van der Waals surface area contributed by atoms with Gasteiger partial charge in [0.15, 0.2) is 5.16 Å². The highest BCUT2D eigenvalue weighted by molar-refractivity contribution is 8.00. The fourth-order valence-electron chi connectivity index (χ4n) is 2.67. The van der Waals surface area contributed by atoms with Crippen LogP contribution in [0.5, 0.6) is 0 Å². The van der Waals surface area contributed by atoms with E-state index in [9.17, 15) is 4.79 Å². The molecule has 2 aromatic carbocycles. The number of aryl methyl sites for hydroxylation is 1. The number of benzene rings is 2. The molecule has 0 bridgehead atoms. The molecule has 0 saturated carbocycles. The molecule has 6 heteroatoms. The summed E-state index contributed by atoms with van der Waals surface area (Å²) >= 11 is 1.46. The van der Waals surface area contributed by atoms with Gasteiger partial charge in [0, 0.05) is 12.2 Å². The number of fused-ring (bicyclic) bond motifs is 1. The standard InChI is InChI=1S/C20H20N4OS/c1-3-12-24-18-7-5-4-6-17(18)23-20(24)26-14(2)19(25)22-16-10-8-15(13-21)9-11-16/h4-11,14H,3,12H2,1-2H3,(H,22,25)/t14-/m0/s1. The largest absolute Gasteiger partial charge is 0.325 e. The Hall–Kier alpha value is -2.78. The Bertz CT molecular complexity index is 956. The van der Waals surface area contributed by atoms with Gasteiger partial charge in [-0.05, 0) is 49.7 Å². The second-order valence-electron chi connectivity index (χ2n) is 5.97. The molecule has 1 atom stereocenters. The van der Waals surface area contributed by atoms with Gasteiger partial charge in [0.25, 0.3) is 0 Å². The van der Waals surface area contributed by atoms with E-state index >= 15 is 0 Å². The summed E-state index contributed by atoms with van der Waals surface area (Å²) in [5.74, 6) is -0.0881. The number of carbonyl (C=O) groups is 1. The number of amides is 1. The van der Waals surface area contributed by atoms with Crippen molar-refractivity contribution in [3.8, 4) is 6.07 Å². The van der Waals surface area contributed by atoms with Crippen LogP contribution in [0.4, 0.5) is 5.69 Å². The molecule has 3 aromatic rings. The molecule has 0 spiro atoms. The van der Waals surface area contributed by atoms with Gasteiger partial charge in [-0.1, -0.05) is 30.8 Å². The number of rotatable bonds is 6. The topological polar surface area (TPSA) is 70.7 Å². The third-order valence-electron chi connectivity index (χ3n) is 4.00. The second kappa shape index (κ2) is 8.07. The lowest BCUT2D eigenvalue weighted by molar-refractivity contribution is -0.115. The molecule has 5 nitrogen and oxygen atoms in total. The Kier molecular flexibility index (Phi) is 5.59. The molecular weight excluding hydrogens is 344 g/mol. The molecule has 1 aromatic heterocycles. The molecule has 3 rings (SSSR count). The van der Waals surface area contributed by atoms with Gasteiger partial charge in [-0.15, -0.1) is 0 Å². The van der Waals surface area contributed by atoms with Crippen LogP contribution in [0.2, 0.25) is 0 Å². The van der Waals surface area contributed by atoms with E-state index in [4.69, 9.17) is 10.2 Å². The van der Waals surface area contributed by atoms with E-state index in [0.29, 0.717) is 11.3 Å². The van der Waals surface area contributed by atoms with Crippen LogP contribution in [0.15, 0.2) is 53.7 Å². The van der Waals surface area contributed by atoms with Crippen LogP contribution in [0.1, 0.15) is 25.8 Å². The molecule has 1 N–H and O–H groups in total. The van der Waals surface area contributed by atoms with Crippen LogP contribution < -0.4 is 5.32 Å². The monoisotopic (exact) mass is 364 g/mol. The maximum atomic E-state index is 12.5. The summed E-state index contributed by atoms with van der Waals surface area (Å²) in [4.78, 5) is 17.2. The third-order valence-corrected chi connectivity index (χ3v) is 5.09. The van der Waals surface area contributed by atoms with E-state index in [1.165, 1.54) is 11.8 Å². The van der Waals surface area contributed by atoms with Gasteiger partial charge < -0.3 is 9.88 Å². The highest BCUT2D eigenvalue weighted by Crippen LogP contribution is 2.28. The molecule has 26 heavy (non-hydrogen) atoms. The number of nitriles is 1. The predicted molar refractivity (Wildman–Crippen MR) is 105 cm³/mol. The predicted octanol–water partition coefficient (Wildman–Crippen LogP) is 4.44. The molecule has 0 aliphatic carbocycles. The van der Waals surface area contributed by atoms with Crippen LogP contribution in [0.25, 0.3) is 11.0 Å². The lowest BCUT2D eigenvalue weighted by atomic mass is 10.2. The van der Waals surface area contributed by atoms with Gasteiger partial charge in [-0.3, -0.25) is 4.79 Å². The summed E-state index contributed by atoms with van der Waals surface area (Å²) in [6, 6.07) is 16.9. The highest BCUT2D eigenvalue weighted by Gasteiger charge is 2.19. The summed E-state index contributed by atoms with van der Waals surface area (Å²) in [7, 11) is 0. The lowest BCUT2D eigenvalue weighted by Gasteiger charge is -2.13. The normalized spacial score (nSPS) is 11.9. The van der Waals surface area contributed by atoms with E-state index in [0.717, 1.165) is 29.2 Å². The Labute approximate surface area is 157 Å². The number of nitrogens with one attached hydrogen (secondary N) is 1. The van der Waals surface area contributed by atoms with E-state index in [2.05, 4.69) is 28.9 Å². The van der Waals surface area contributed by atoms with Crippen molar-refractivity contribution in [1.82, 2.24) is 9.55 Å². The first-order valence-corrected chi connectivity index (χ1v) is 9.43. The number of anilines is 1. The highest BCUT2D eigenvalue weighted by atomic mass is 32.2. The van der Waals surface area contributed by atoms with Crippen molar-refractivity contribution in [3.63, 3.8) is 0 Å². The molecule has 132 valence electrons. The summed E-state index contributed by atoms with van der Waals surface area (Å²) in [5, 5.41) is 12.3. The van der Waals surface area contributed by atoms with E-state index in [1.54, 1.807) is 24.3 Å². The van der Waals surface area contributed by atoms with Crippen LogP contribution in [0, 0.1) is 11.3 Å². The van der Waals surface area contributed by atoms with Gasteiger partial charge in [0.05, 0.1) is 27.9 Å². The van der Waals surface area contributed by atoms with Crippen molar-refractivity contribution in [2.75, 3.05) is 5.32 Å². The average Bonchev–Trinajstić information content (AvgIpc) is 3.00. The van der Waals surface area contributed by atoms with Crippen molar-refractivity contribution >= 4 is 34.4 Å². The summed E-state index contributed by atoms with van der Waals surface area (Å²) in [6.45, 7) is 4.87. The van der Waals surface area contributed by atoms with Crippen molar-refractivity contribution in [3.05, 3.63) is 54.1 Å². The fourth-order valence-corrected chi connectivity index (χ4v) is 3.62. The van der Waals surface area contributed by atoms with Crippen LogP contribution in [-0.2, 0) is 11.3 Å². The number of imidazole rings is 1. The Morgan fingerprint density at radius 2 is 2.00 bits per heavy atom. The van der Waals surface area contributed by atoms with Crippen LogP contribution in [-0.4, -0.2) is 20.7 Å². The zero-order valence-electron chi connectivity index (χ0n) is 14.8. The Morgan fingerprint density at radius 3 is 2.69 bits per heavy atom. The second-order valence-corrected chi connectivity index (χ2v) is 7.28. The Balaban J connectivity index is 1.75. The molecular formula is C20H20N4OS. The SMILES string of the molecule is CCCn1c(S[C@@H](C)C(=O)Nc2ccc(C#N)cc2)nc2ccccc21. The maximum absolute atomic E-state index is 12.5. The molecule has 0 unspecified atom stereocenters. The first kappa shape index (κ1) is 18.0. The van der Waals surface area contributed by atoms with E-state index in [1.807, 2.05) is 25.1 Å². The van der Waals surface area contributed by atoms with Gasteiger partial charge in [0.1, 0.15) is 0 Å². The molecule has 1 heterocycles. The molecule has 1 amide bonds.